The molecule has 2 N–H and O–H groups in total. The van der Waals surface area contributed by atoms with Crippen molar-refractivity contribution in [3.8, 4) is 11.1 Å². The Labute approximate surface area is 121 Å². The van der Waals surface area contributed by atoms with Crippen LogP contribution in [0.3, 0.4) is 0 Å². The van der Waals surface area contributed by atoms with Crippen molar-refractivity contribution in [1.82, 2.24) is 9.88 Å². The van der Waals surface area contributed by atoms with Gasteiger partial charge in [-0.25, -0.2) is 0 Å². The van der Waals surface area contributed by atoms with Gasteiger partial charge in [0.15, 0.2) is 0 Å². The number of hydrogen-bond acceptors (Lipinski definition) is 3. The number of nitrogens with zero attached hydrogens (tertiary/aromatic N) is 2. The summed E-state index contributed by atoms with van der Waals surface area (Å²) in [5, 5.41) is 0. The van der Waals surface area contributed by atoms with Crippen LogP contribution in [0.25, 0.3) is 11.1 Å². The Kier molecular flexibility index (Phi) is 4.59. The monoisotopic (exact) mass is 291 g/mol. The Bertz CT molecular complexity index is 661. The highest BCUT2D eigenvalue weighted by molar-refractivity contribution is 5.77. The van der Waals surface area contributed by atoms with Crippen LogP contribution in [0, 0.1) is 11.9 Å². The molecule has 1 aromatic heterocycles. The molecule has 0 fully saturated rings. The molecule has 0 saturated heterocycles. The summed E-state index contributed by atoms with van der Waals surface area (Å²) in [5.74, 6) is -1.91. The molecule has 0 aliphatic rings. The number of pyridine rings is 1. The maximum Gasteiger partial charge on any atom is 0.236 e. The third-order valence-electron chi connectivity index (χ3n) is 3.07. The number of halogens is 2. The average Bonchev–Trinajstić information content (AvgIpc) is 2.46. The molecule has 0 unspecified atom stereocenters. The SMILES string of the molecule is CN(Cc1cccc(-c2ccc(F)nc2F)c1)C(=O)CN. The second-order valence-electron chi connectivity index (χ2n) is 4.63. The van der Waals surface area contributed by atoms with E-state index in [0.29, 0.717) is 12.1 Å². The molecule has 21 heavy (non-hydrogen) atoms. The topological polar surface area (TPSA) is 59.2 Å². The van der Waals surface area contributed by atoms with Crippen LogP contribution in [-0.4, -0.2) is 29.4 Å². The van der Waals surface area contributed by atoms with Crippen molar-refractivity contribution in [3.63, 3.8) is 0 Å². The molecule has 1 aromatic carbocycles. The number of benzene rings is 1. The van der Waals surface area contributed by atoms with Gasteiger partial charge in [0.25, 0.3) is 0 Å². The van der Waals surface area contributed by atoms with E-state index in [1.165, 1.54) is 11.0 Å². The Morgan fingerprint density at radius 2 is 2.05 bits per heavy atom. The summed E-state index contributed by atoms with van der Waals surface area (Å²) in [6.07, 6.45) is 0. The molecule has 6 heteroatoms. The van der Waals surface area contributed by atoms with Crippen LogP contribution < -0.4 is 5.73 Å². The van der Waals surface area contributed by atoms with Crippen molar-refractivity contribution in [3.05, 3.63) is 53.9 Å². The highest BCUT2D eigenvalue weighted by Crippen LogP contribution is 2.23. The van der Waals surface area contributed by atoms with E-state index in [2.05, 4.69) is 4.98 Å². The Morgan fingerprint density at radius 1 is 1.29 bits per heavy atom. The van der Waals surface area contributed by atoms with Gasteiger partial charge in [0.1, 0.15) is 0 Å². The molecule has 4 nitrogen and oxygen atoms in total. The third kappa shape index (κ3) is 3.61. The maximum absolute atomic E-state index is 13.7. The molecule has 0 spiro atoms. The predicted octanol–water partition coefficient (Wildman–Crippen LogP) is 1.94. The Hall–Kier alpha value is -2.34. The zero-order chi connectivity index (χ0) is 15.4. The van der Waals surface area contributed by atoms with E-state index in [4.69, 9.17) is 5.73 Å². The van der Waals surface area contributed by atoms with Crippen molar-refractivity contribution in [2.45, 2.75) is 6.54 Å². The van der Waals surface area contributed by atoms with Gasteiger partial charge in [-0.2, -0.15) is 13.8 Å². The second-order valence-corrected chi connectivity index (χ2v) is 4.63. The molecule has 0 bridgehead atoms. The van der Waals surface area contributed by atoms with E-state index in [-0.39, 0.29) is 18.0 Å². The van der Waals surface area contributed by atoms with Gasteiger partial charge < -0.3 is 10.6 Å². The summed E-state index contributed by atoms with van der Waals surface area (Å²) in [5.41, 5.74) is 6.91. The minimum atomic E-state index is -0.862. The number of aromatic nitrogens is 1. The lowest BCUT2D eigenvalue weighted by Gasteiger charge is -2.16. The van der Waals surface area contributed by atoms with E-state index in [9.17, 15) is 13.6 Å². The van der Waals surface area contributed by atoms with E-state index in [0.717, 1.165) is 11.6 Å². The van der Waals surface area contributed by atoms with Gasteiger partial charge in [0, 0.05) is 19.2 Å². The van der Waals surface area contributed by atoms with Gasteiger partial charge in [-0.05, 0) is 29.3 Å². The minimum Gasteiger partial charge on any atom is -0.340 e. The maximum atomic E-state index is 13.7. The fourth-order valence-electron chi connectivity index (χ4n) is 1.98. The summed E-state index contributed by atoms with van der Waals surface area (Å²) in [4.78, 5) is 16.1. The molecule has 0 atom stereocenters. The lowest BCUT2D eigenvalue weighted by molar-refractivity contribution is -0.128. The van der Waals surface area contributed by atoms with Crippen LogP contribution in [-0.2, 0) is 11.3 Å². The summed E-state index contributed by atoms with van der Waals surface area (Å²) >= 11 is 0. The van der Waals surface area contributed by atoms with Gasteiger partial charge in [-0.3, -0.25) is 4.79 Å². The van der Waals surface area contributed by atoms with Crippen LogP contribution in [0.4, 0.5) is 8.78 Å². The number of likely N-dealkylation sites (N-methyl/N-ethyl adjacent to an activating group) is 1. The minimum absolute atomic E-state index is 0.0628. The Balaban J connectivity index is 2.27. The first-order valence-corrected chi connectivity index (χ1v) is 6.36. The average molecular weight is 291 g/mol. The molecular formula is C15H15F2N3O. The first-order valence-electron chi connectivity index (χ1n) is 6.36. The van der Waals surface area contributed by atoms with Gasteiger partial charge in [0.05, 0.1) is 6.54 Å². The van der Waals surface area contributed by atoms with E-state index in [1.807, 2.05) is 6.07 Å². The third-order valence-corrected chi connectivity index (χ3v) is 3.07. The number of amides is 1. The van der Waals surface area contributed by atoms with Crippen molar-refractivity contribution >= 4 is 5.91 Å². The summed E-state index contributed by atoms with van der Waals surface area (Å²) in [6.45, 7) is 0.298. The first kappa shape index (κ1) is 15.1. The largest absolute Gasteiger partial charge is 0.340 e. The van der Waals surface area contributed by atoms with Crippen LogP contribution >= 0.6 is 0 Å². The van der Waals surface area contributed by atoms with Crippen LogP contribution in [0.15, 0.2) is 36.4 Å². The van der Waals surface area contributed by atoms with Crippen molar-refractivity contribution < 1.29 is 13.6 Å². The highest BCUT2D eigenvalue weighted by Gasteiger charge is 2.10. The molecule has 1 heterocycles. The number of rotatable bonds is 4. The molecule has 1 amide bonds. The molecule has 2 rings (SSSR count). The molecule has 0 saturated carbocycles. The fourth-order valence-corrected chi connectivity index (χ4v) is 1.98. The van der Waals surface area contributed by atoms with E-state index < -0.39 is 11.9 Å². The van der Waals surface area contributed by atoms with Crippen molar-refractivity contribution in [1.29, 1.82) is 0 Å². The smallest absolute Gasteiger partial charge is 0.236 e. The molecule has 2 aromatic rings. The summed E-state index contributed by atoms with van der Waals surface area (Å²) < 4.78 is 26.5. The molecule has 110 valence electrons. The van der Waals surface area contributed by atoms with E-state index in [1.54, 1.807) is 25.2 Å². The summed E-state index contributed by atoms with van der Waals surface area (Å²) in [7, 11) is 1.64. The number of carbonyl (C=O) groups is 1. The zero-order valence-corrected chi connectivity index (χ0v) is 11.5. The van der Waals surface area contributed by atoms with Crippen molar-refractivity contribution in [2.24, 2.45) is 5.73 Å². The molecule has 0 aliphatic heterocycles. The zero-order valence-electron chi connectivity index (χ0n) is 11.5. The molecule has 0 aliphatic carbocycles. The van der Waals surface area contributed by atoms with Crippen LogP contribution in [0.5, 0.6) is 0 Å². The van der Waals surface area contributed by atoms with Gasteiger partial charge in [0.2, 0.25) is 17.8 Å². The molecule has 0 radical (unpaired) electrons. The summed E-state index contributed by atoms with van der Waals surface area (Å²) in [6, 6.07) is 9.44. The number of hydrogen-bond donors (Lipinski definition) is 1. The lowest BCUT2D eigenvalue weighted by atomic mass is 10.0. The molecular weight excluding hydrogens is 276 g/mol. The van der Waals surface area contributed by atoms with E-state index >= 15 is 0 Å². The quantitative estimate of drug-likeness (QED) is 0.876. The predicted molar refractivity (Wildman–Crippen MR) is 75.1 cm³/mol. The highest BCUT2D eigenvalue weighted by atomic mass is 19.1. The number of nitrogens with two attached hydrogens (primary N) is 1. The van der Waals surface area contributed by atoms with Gasteiger partial charge >= 0.3 is 0 Å². The van der Waals surface area contributed by atoms with Gasteiger partial charge in [-0.15, -0.1) is 0 Å². The van der Waals surface area contributed by atoms with Gasteiger partial charge in [-0.1, -0.05) is 18.2 Å². The lowest BCUT2D eigenvalue weighted by Crippen LogP contribution is -2.32. The Morgan fingerprint density at radius 3 is 2.71 bits per heavy atom. The normalized spacial score (nSPS) is 10.5. The first-order chi connectivity index (χ1) is 10.0. The second kappa shape index (κ2) is 6.41. The standard InChI is InChI=1S/C15H15F2N3O/c1-20(14(21)8-18)9-10-3-2-4-11(7-10)12-5-6-13(16)19-15(12)17/h2-7H,8-9,18H2,1H3. The van der Waals surface area contributed by atoms with Crippen LogP contribution in [0.1, 0.15) is 5.56 Å². The van der Waals surface area contributed by atoms with Crippen LogP contribution in [0.2, 0.25) is 0 Å². The fraction of sp³-hybridized carbons (Fsp3) is 0.200. The number of carbonyl (C=O) groups excluding carboxylic acids is 1. The van der Waals surface area contributed by atoms with Crippen molar-refractivity contribution in [2.75, 3.05) is 13.6 Å².